The molecule has 0 aliphatic rings. The van der Waals surface area contributed by atoms with Crippen molar-refractivity contribution in [2.24, 2.45) is 5.92 Å². The molecule has 5 nitrogen and oxygen atoms in total. The van der Waals surface area contributed by atoms with Gasteiger partial charge in [-0.2, -0.15) is 0 Å². The Morgan fingerprint density at radius 1 is 1.31 bits per heavy atom. The van der Waals surface area contributed by atoms with E-state index in [1.807, 2.05) is 0 Å². The number of hydrogen-bond donors (Lipinski definition) is 3. The zero-order valence-corrected chi connectivity index (χ0v) is 6.77. The molecule has 1 atom stereocenters. The summed E-state index contributed by atoms with van der Waals surface area (Å²) in [5.74, 6) is -1.27. The van der Waals surface area contributed by atoms with Gasteiger partial charge in [0.15, 0.2) is 6.79 Å². The fraction of sp³-hybridized carbons (Fsp3) is 0.857. The molecule has 0 saturated carbocycles. The third kappa shape index (κ3) is 7.66. The SMILES string of the molecule is O=C(OCO)C(CO)CCCO.[CaH2]. The van der Waals surface area contributed by atoms with Crippen LogP contribution in [0.2, 0.25) is 0 Å². The van der Waals surface area contributed by atoms with Crippen molar-refractivity contribution >= 4 is 43.7 Å². The molecular weight excluding hydrogens is 204 g/mol. The number of carbonyl (C=O) groups is 1. The van der Waals surface area contributed by atoms with E-state index in [4.69, 9.17) is 15.3 Å². The standard InChI is InChI=1S/C7H14O5.Ca.2H/c8-3-1-2-6(4-9)7(11)12-5-10;;;/h6,8-10H,1-5H2;;;. The summed E-state index contributed by atoms with van der Waals surface area (Å²) in [6, 6.07) is 0. The van der Waals surface area contributed by atoms with Gasteiger partial charge in [-0.3, -0.25) is 4.79 Å². The van der Waals surface area contributed by atoms with E-state index in [0.717, 1.165) is 0 Å². The molecule has 3 N–H and O–H groups in total. The molecule has 0 heterocycles. The third-order valence-electron chi connectivity index (χ3n) is 1.47. The van der Waals surface area contributed by atoms with Crippen molar-refractivity contribution in [2.45, 2.75) is 12.8 Å². The molecule has 0 aromatic carbocycles. The molecule has 0 fully saturated rings. The van der Waals surface area contributed by atoms with Gasteiger partial charge in [0, 0.05) is 6.61 Å². The Labute approximate surface area is 107 Å². The molecule has 0 spiro atoms. The van der Waals surface area contributed by atoms with Crippen LogP contribution in [0.15, 0.2) is 0 Å². The maximum atomic E-state index is 10.9. The summed E-state index contributed by atoms with van der Waals surface area (Å²) in [5, 5.41) is 25.4. The third-order valence-corrected chi connectivity index (χ3v) is 1.47. The Bertz CT molecular complexity index is 130. The van der Waals surface area contributed by atoms with Crippen LogP contribution >= 0.6 is 0 Å². The van der Waals surface area contributed by atoms with E-state index >= 15 is 0 Å². The van der Waals surface area contributed by atoms with E-state index in [-0.39, 0.29) is 51.0 Å². The molecule has 0 aromatic rings. The summed E-state index contributed by atoms with van der Waals surface area (Å²) in [5.41, 5.74) is 0. The van der Waals surface area contributed by atoms with Crippen molar-refractivity contribution in [3.05, 3.63) is 0 Å². The van der Waals surface area contributed by atoms with Gasteiger partial charge in [-0.25, -0.2) is 0 Å². The number of rotatable bonds is 6. The van der Waals surface area contributed by atoms with Crippen LogP contribution in [0.25, 0.3) is 0 Å². The first-order valence-corrected chi connectivity index (χ1v) is 3.75. The second-order valence-corrected chi connectivity index (χ2v) is 2.34. The summed E-state index contributed by atoms with van der Waals surface area (Å²) in [6.45, 7) is -1.02. The average Bonchev–Trinajstić information content (AvgIpc) is 2.06. The number of hydrogen-bond acceptors (Lipinski definition) is 5. The fourth-order valence-electron chi connectivity index (χ4n) is 0.803. The molecule has 0 amide bonds. The molecule has 0 radical (unpaired) electrons. The molecule has 0 aromatic heterocycles. The van der Waals surface area contributed by atoms with Crippen LogP contribution in [0.3, 0.4) is 0 Å². The zero-order valence-electron chi connectivity index (χ0n) is 6.77. The van der Waals surface area contributed by atoms with Crippen molar-refractivity contribution in [3.8, 4) is 0 Å². The first kappa shape index (κ1) is 16.1. The molecule has 0 rings (SSSR count). The van der Waals surface area contributed by atoms with Gasteiger partial charge in [0.1, 0.15) is 0 Å². The topological polar surface area (TPSA) is 87.0 Å². The minimum atomic E-state index is -0.672. The summed E-state index contributed by atoms with van der Waals surface area (Å²) < 4.78 is 4.27. The van der Waals surface area contributed by atoms with Crippen LogP contribution < -0.4 is 0 Å². The average molecular weight is 220 g/mol. The Balaban J connectivity index is 0. The molecule has 0 aliphatic carbocycles. The van der Waals surface area contributed by atoms with Crippen molar-refractivity contribution in [2.75, 3.05) is 20.0 Å². The summed E-state index contributed by atoms with van der Waals surface area (Å²) in [4.78, 5) is 10.9. The van der Waals surface area contributed by atoms with Crippen LogP contribution in [0.1, 0.15) is 12.8 Å². The van der Waals surface area contributed by atoms with Gasteiger partial charge < -0.3 is 20.1 Å². The van der Waals surface area contributed by atoms with E-state index in [1.54, 1.807) is 0 Å². The summed E-state index contributed by atoms with van der Waals surface area (Å²) >= 11 is 0. The molecule has 0 aliphatic heterocycles. The number of aliphatic hydroxyl groups excluding tert-OH is 3. The van der Waals surface area contributed by atoms with E-state index in [0.29, 0.717) is 12.8 Å². The molecule has 1 unspecified atom stereocenters. The quantitative estimate of drug-likeness (QED) is 0.272. The molecular formula is C7H16CaO5. The van der Waals surface area contributed by atoms with Crippen molar-refractivity contribution in [1.82, 2.24) is 0 Å². The summed E-state index contributed by atoms with van der Waals surface area (Å²) in [7, 11) is 0. The molecule has 6 heteroatoms. The Hall–Kier alpha value is 0.610. The van der Waals surface area contributed by atoms with E-state index < -0.39 is 18.7 Å². The normalized spacial score (nSPS) is 11.6. The number of aliphatic hydroxyl groups is 3. The van der Waals surface area contributed by atoms with Gasteiger partial charge in [0.25, 0.3) is 0 Å². The first-order chi connectivity index (χ1) is 5.76. The van der Waals surface area contributed by atoms with Crippen LogP contribution in [0.5, 0.6) is 0 Å². The zero-order chi connectivity index (χ0) is 9.40. The van der Waals surface area contributed by atoms with Crippen LogP contribution in [0, 0.1) is 5.92 Å². The van der Waals surface area contributed by atoms with Gasteiger partial charge in [-0.15, -0.1) is 0 Å². The van der Waals surface area contributed by atoms with Crippen molar-refractivity contribution < 1.29 is 24.9 Å². The molecule has 0 saturated heterocycles. The Morgan fingerprint density at radius 3 is 2.31 bits per heavy atom. The van der Waals surface area contributed by atoms with Crippen LogP contribution in [-0.2, 0) is 9.53 Å². The van der Waals surface area contributed by atoms with Crippen molar-refractivity contribution in [1.29, 1.82) is 0 Å². The van der Waals surface area contributed by atoms with Gasteiger partial charge in [0.2, 0.25) is 0 Å². The number of ether oxygens (including phenoxy) is 1. The Kier molecular flexibility index (Phi) is 13.2. The predicted molar refractivity (Wildman–Crippen MR) is 48.6 cm³/mol. The molecule has 0 bridgehead atoms. The van der Waals surface area contributed by atoms with Crippen LogP contribution in [-0.4, -0.2) is 79.0 Å². The van der Waals surface area contributed by atoms with Crippen LogP contribution in [0.4, 0.5) is 0 Å². The second kappa shape index (κ2) is 10.7. The fourth-order valence-corrected chi connectivity index (χ4v) is 0.803. The van der Waals surface area contributed by atoms with Crippen molar-refractivity contribution in [3.63, 3.8) is 0 Å². The minimum absolute atomic E-state index is 0. The van der Waals surface area contributed by atoms with E-state index in [1.165, 1.54) is 0 Å². The predicted octanol–water partition coefficient (Wildman–Crippen LogP) is -2.06. The van der Waals surface area contributed by atoms with Gasteiger partial charge in [-0.1, -0.05) is 0 Å². The number of esters is 1. The van der Waals surface area contributed by atoms with E-state index in [9.17, 15) is 4.79 Å². The molecule has 76 valence electrons. The van der Waals surface area contributed by atoms with Gasteiger partial charge >= 0.3 is 43.7 Å². The maximum absolute atomic E-state index is 10.9. The first-order valence-electron chi connectivity index (χ1n) is 3.75. The molecule has 13 heavy (non-hydrogen) atoms. The Morgan fingerprint density at radius 2 is 1.92 bits per heavy atom. The summed E-state index contributed by atoms with van der Waals surface area (Å²) in [6.07, 6.45) is 0.803. The number of carbonyl (C=O) groups excluding carboxylic acids is 1. The van der Waals surface area contributed by atoms with Gasteiger partial charge in [-0.05, 0) is 12.8 Å². The van der Waals surface area contributed by atoms with Gasteiger partial charge in [0.05, 0.1) is 12.5 Å². The van der Waals surface area contributed by atoms with E-state index in [2.05, 4.69) is 4.74 Å². The monoisotopic (exact) mass is 220 g/mol. The second-order valence-electron chi connectivity index (χ2n) is 2.34.